The molecule has 0 fully saturated rings. The molecular formula is C23H21N7. The Bertz CT molecular complexity index is 1330. The molecule has 1 atom stereocenters. The maximum Gasteiger partial charge on any atom is 0.162 e. The van der Waals surface area contributed by atoms with Crippen LogP contribution in [0, 0.1) is 6.92 Å². The Labute approximate surface area is 173 Å². The van der Waals surface area contributed by atoms with E-state index in [0.717, 1.165) is 40.0 Å². The van der Waals surface area contributed by atoms with Crippen molar-refractivity contribution in [3.63, 3.8) is 0 Å². The van der Waals surface area contributed by atoms with Gasteiger partial charge in [-0.3, -0.25) is 0 Å². The molecule has 5 aromatic rings. The zero-order valence-corrected chi connectivity index (χ0v) is 16.8. The van der Waals surface area contributed by atoms with Crippen LogP contribution in [0.5, 0.6) is 0 Å². The van der Waals surface area contributed by atoms with Gasteiger partial charge in [0.1, 0.15) is 11.8 Å². The second kappa shape index (κ2) is 7.51. The molecule has 5 rings (SSSR count). The van der Waals surface area contributed by atoms with Crippen LogP contribution in [-0.2, 0) is 0 Å². The lowest BCUT2D eigenvalue weighted by molar-refractivity contribution is 0.721. The van der Waals surface area contributed by atoms with Gasteiger partial charge in [0.25, 0.3) is 0 Å². The van der Waals surface area contributed by atoms with E-state index in [1.807, 2.05) is 30.3 Å². The van der Waals surface area contributed by atoms with E-state index >= 15 is 0 Å². The number of H-pyrrole nitrogens is 1. The predicted molar refractivity (Wildman–Crippen MR) is 118 cm³/mol. The maximum atomic E-state index is 5.05. The minimum absolute atomic E-state index is 0.0904. The zero-order chi connectivity index (χ0) is 20.5. The summed E-state index contributed by atoms with van der Waals surface area (Å²) >= 11 is 0. The van der Waals surface area contributed by atoms with Crippen molar-refractivity contribution in [1.29, 1.82) is 0 Å². The molecule has 148 valence electrons. The van der Waals surface area contributed by atoms with E-state index in [4.69, 9.17) is 9.97 Å². The first-order valence-electron chi connectivity index (χ1n) is 9.98. The topological polar surface area (TPSA) is 92.3 Å². The van der Waals surface area contributed by atoms with Gasteiger partial charge in [-0.25, -0.2) is 24.9 Å². The van der Waals surface area contributed by atoms with Crippen LogP contribution in [0.15, 0.2) is 61.2 Å². The fourth-order valence-electron chi connectivity index (χ4n) is 3.68. The van der Waals surface area contributed by atoms with Gasteiger partial charge in [-0.2, -0.15) is 0 Å². The summed E-state index contributed by atoms with van der Waals surface area (Å²) in [5.74, 6) is 0.679. The molecule has 0 amide bonds. The number of anilines is 1. The number of nitrogens with one attached hydrogen (secondary N) is 2. The Morgan fingerprint density at radius 2 is 1.80 bits per heavy atom. The maximum absolute atomic E-state index is 5.05. The standard InChI is InChI=1S/C23H21N7/c1-3-16(29-23-21-22(25-12-24-21)26-13-27-23)20-19(15-9-5-4-6-10-15)30-18-14(2)8-7-11-17(18)28-20/h4-13,16H,3H2,1-2H3,(H2,24,25,26,27,29). The molecule has 2 aromatic carbocycles. The predicted octanol–water partition coefficient (Wildman–Crippen LogP) is 4.83. The number of aromatic nitrogens is 6. The highest BCUT2D eigenvalue weighted by atomic mass is 15.1. The molecule has 0 aliphatic rings. The summed E-state index contributed by atoms with van der Waals surface area (Å²) in [7, 11) is 0. The van der Waals surface area contributed by atoms with Gasteiger partial charge < -0.3 is 10.3 Å². The molecule has 2 N–H and O–H groups in total. The largest absolute Gasteiger partial charge is 0.360 e. The fourth-order valence-corrected chi connectivity index (χ4v) is 3.68. The van der Waals surface area contributed by atoms with E-state index in [0.29, 0.717) is 17.0 Å². The minimum Gasteiger partial charge on any atom is -0.360 e. The van der Waals surface area contributed by atoms with Crippen LogP contribution in [0.3, 0.4) is 0 Å². The summed E-state index contributed by atoms with van der Waals surface area (Å²) in [6.45, 7) is 4.19. The number of hydrogen-bond acceptors (Lipinski definition) is 6. The average Bonchev–Trinajstić information content (AvgIpc) is 3.27. The molecule has 3 aromatic heterocycles. The molecule has 0 aliphatic heterocycles. The van der Waals surface area contributed by atoms with E-state index in [9.17, 15) is 0 Å². The van der Waals surface area contributed by atoms with Gasteiger partial charge in [0.2, 0.25) is 0 Å². The number of para-hydroxylation sites is 1. The second-order valence-electron chi connectivity index (χ2n) is 7.19. The van der Waals surface area contributed by atoms with Crippen LogP contribution in [0.2, 0.25) is 0 Å². The lowest BCUT2D eigenvalue weighted by atomic mass is 10.0. The Balaban J connectivity index is 1.68. The third kappa shape index (κ3) is 3.14. The van der Waals surface area contributed by atoms with Gasteiger partial charge in [0.15, 0.2) is 11.5 Å². The number of aromatic amines is 1. The van der Waals surface area contributed by atoms with Crippen molar-refractivity contribution >= 4 is 28.0 Å². The third-order valence-corrected chi connectivity index (χ3v) is 5.24. The van der Waals surface area contributed by atoms with Crippen LogP contribution in [0.4, 0.5) is 5.82 Å². The van der Waals surface area contributed by atoms with Gasteiger partial charge in [-0.1, -0.05) is 49.4 Å². The quantitative estimate of drug-likeness (QED) is 0.443. The lowest BCUT2D eigenvalue weighted by Gasteiger charge is -2.21. The van der Waals surface area contributed by atoms with E-state index in [2.05, 4.69) is 57.3 Å². The smallest absolute Gasteiger partial charge is 0.162 e. The Morgan fingerprint density at radius 1 is 0.933 bits per heavy atom. The molecule has 0 radical (unpaired) electrons. The van der Waals surface area contributed by atoms with Crippen molar-refractivity contribution in [2.24, 2.45) is 0 Å². The van der Waals surface area contributed by atoms with Crippen molar-refractivity contribution in [2.45, 2.75) is 26.3 Å². The summed E-state index contributed by atoms with van der Waals surface area (Å²) in [5.41, 5.74) is 7.14. The average molecular weight is 395 g/mol. The van der Waals surface area contributed by atoms with Crippen LogP contribution in [-0.4, -0.2) is 29.9 Å². The first kappa shape index (κ1) is 18.2. The van der Waals surface area contributed by atoms with Crippen LogP contribution >= 0.6 is 0 Å². The normalized spacial score (nSPS) is 12.3. The van der Waals surface area contributed by atoms with E-state index < -0.39 is 0 Å². The lowest BCUT2D eigenvalue weighted by Crippen LogP contribution is -2.15. The highest BCUT2D eigenvalue weighted by molar-refractivity contribution is 5.83. The molecule has 0 spiro atoms. The second-order valence-corrected chi connectivity index (χ2v) is 7.19. The zero-order valence-electron chi connectivity index (χ0n) is 16.8. The highest BCUT2D eigenvalue weighted by Crippen LogP contribution is 2.32. The Hall–Kier alpha value is -3.87. The van der Waals surface area contributed by atoms with E-state index in [1.165, 1.54) is 6.33 Å². The van der Waals surface area contributed by atoms with Gasteiger partial charge in [0, 0.05) is 5.56 Å². The van der Waals surface area contributed by atoms with Crippen molar-refractivity contribution in [2.75, 3.05) is 5.32 Å². The van der Waals surface area contributed by atoms with Crippen molar-refractivity contribution in [3.05, 3.63) is 72.4 Å². The molecular weight excluding hydrogens is 374 g/mol. The number of benzene rings is 2. The molecule has 7 heteroatoms. The Morgan fingerprint density at radius 3 is 2.63 bits per heavy atom. The number of rotatable bonds is 5. The number of hydrogen-bond donors (Lipinski definition) is 2. The van der Waals surface area contributed by atoms with Crippen LogP contribution in [0.25, 0.3) is 33.5 Å². The molecule has 30 heavy (non-hydrogen) atoms. The number of imidazole rings is 1. The molecule has 0 aliphatic carbocycles. The summed E-state index contributed by atoms with van der Waals surface area (Å²) < 4.78 is 0. The monoisotopic (exact) mass is 395 g/mol. The van der Waals surface area contributed by atoms with Crippen molar-refractivity contribution in [3.8, 4) is 11.3 Å². The van der Waals surface area contributed by atoms with Gasteiger partial charge in [-0.05, 0) is 25.0 Å². The molecule has 3 heterocycles. The molecule has 7 nitrogen and oxygen atoms in total. The SMILES string of the molecule is CCC(Nc1ncnc2[nH]cnc12)c1nc2cccc(C)c2nc1-c1ccccc1. The first-order chi connectivity index (χ1) is 14.7. The van der Waals surface area contributed by atoms with Crippen LogP contribution < -0.4 is 5.32 Å². The summed E-state index contributed by atoms with van der Waals surface area (Å²) in [6.07, 6.45) is 3.96. The summed E-state index contributed by atoms with van der Waals surface area (Å²) in [6, 6.07) is 16.2. The van der Waals surface area contributed by atoms with E-state index in [1.54, 1.807) is 6.33 Å². The number of fused-ring (bicyclic) bond motifs is 2. The van der Waals surface area contributed by atoms with Gasteiger partial charge >= 0.3 is 0 Å². The van der Waals surface area contributed by atoms with Crippen molar-refractivity contribution < 1.29 is 0 Å². The molecule has 0 bridgehead atoms. The fraction of sp³-hybridized carbons (Fsp3) is 0.174. The van der Waals surface area contributed by atoms with Gasteiger partial charge in [0.05, 0.1) is 34.8 Å². The highest BCUT2D eigenvalue weighted by Gasteiger charge is 2.21. The third-order valence-electron chi connectivity index (χ3n) is 5.24. The van der Waals surface area contributed by atoms with Crippen molar-refractivity contribution in [1.82, 2.24) is 29.9 Å². The van der Waals surface area contributed by atoms with Crippen LogP contribution in [0.1, 0.15) is 30.6 Å². The number of aryl methyl sites for hydroxylation is 1. The Kier molecular flexibility index (Phi) is 4.55. The summed E-state index contributed by atoms with van der Waals surface area (Å²) in [4.78, 5) is 26.1. The molecule has 1 unspecified atom stereocenters. The molecule has 0 saturated carbocycles. The molecule has 0 saturated heterocycles. The van der Waals surface area contributed by atoms with Gasteiger partial charge in [-0.15, -0.1) is 0 Å². The van der Waals surface area contributed by atoms with E-state index in [-0.39, 0.29) is 6.04 Å². The minimum atomic E-state index is -0.0904. The first-order valence-corrected chi connectivity index (χ1v) is 9.98. The summed E-state index contributed by atoms with van der Waals surface area (Å²) in [5, 5.41) is 3.53. The number of nitrogens with zero attached hydrogens (tertiary/aromatic N) is 5.